The van der Waals surface area contributed by atoms with Gasteiger partial charge in [0, 0.05) is 4.47 Å². The van der Waals surface area contributed by atoms with E-state index in [-0.39, 0.29) is 10.2 Å². The van der Waals surface area contributed by atoms with E-state index in [2.05, 4.69) is 20.7 Å². The molecule has 15 heavy (non-hydrogen) atoms. The van der Waals surface area contributed by atoms with Gasteiger partial charge in [-0.05, 0) is 12.1 Å². The minimum atomic E-state index is -3.98. The van der Waals surface area contributed by atoms with Crippen molar-refractivity contribution in [3.05, 3.63) is 28.2 Å². The Labute approximate surface area is 92.8 Å². The topological polar surface area (TPSA) is 46.5 Å². The number of carbonyl (C=O) groups is 1. The van der Waals surface area contributed by atoms with Crippen molar-refractivity contribution in [2.75, 3.05) is 7.11 Å². The van der Waals surface area contributed by atoms with Crippen molar-refractivity contribution in [1.29, 1.82) is 0 Å². The fraction of sp³-hybridized carbons (Fsp3) is 0.222. The number of benzene rings is 1. The molecule has 0 unspecified atom stereocenters. The third-order valence-corrected chi connectivity index (χ3v) is 2.44. The van der Waals surface area contributed by atoms with E-state index in [1.54, 1.807) is 0 Å². The third kappa shape index (κ3) is 2.09. The summed E-state index contributed by atoms with van der Waals surface area (Å²) in [6, 6.07) is 4.08. The zero-order valence-electron chi connectivity index (χ0n) is 7.63. The Morgan fingerprint density at radius 3 is 2.60 bits per heavy atom. The minimum absolute atomic E-state index is 0.00532. The largest absolute Gasteiger partial charge is 0.496 e. The van der Waals surface area contributed by atoms with Gasteiger partial charge in [-0.15, -0.1) is 0 Å². The Morgan fingerprint density at radius 2 is 2.13 bits per heavy atom. The molecule has 0 aliphatic heterocycles. The molecule has 1 N–H and O–H groups in total. The smallest absolute Gasteiger partial charge is 0.379 e. The molecule has 0 bridgehead atoms. The maximum Gasteiger partial charge on any atom is 0.379 e. The number of alkyl halides is 2. The molecule has 6 heteroatoms. The lowest BCUT2D eigenvalue weighted by atomic mass is 10.1. The van der Waals surface area contributed by atoms with Crippen molar-refractivity contribution in [3.63, 3.8) is 0 Å². The lowest BCUT2D eigenvalue weighted by molar-refractivity contribution is -0.166. The lowest BCUT2D eigenvalue weighted by Crippen LogP contribution is -2.26. The number of carboxylic acid groups (broad SMARTS) is 1. The van der Waals surface area contributed by atoms with Crippen LogP contribution in [-0.4, -0.2) is 18.2 Å². The van der Waals surface area contributed by atoms with Crippen LogP contribution in [-0.2, 0) is 10.7 Å². The van der Waals surface area contributed by atoms with Crippen LogP contribution < -0.4 is 4.74 Å². The van der Waals surface area contributed by atoms with Crippen LogP contribution in [0.3, 0.4) is 0 Å². The second-order valence-electron chi connectivity index (χ2n) is 2.70. The fourth-order valence-corrected chi connectivity index (χ4v) is 1.68. The van der Waals surface area contributed by atoms with Crippen molar-refractivity contribution >= 4 is 21.9 Å². The van der Waals surface area contributed by atoms with Crippen LogP contribution >= 0.6 is 15.9 Å². The monoisotopic (exact) mass is 280 g/mol. The fourth-order valence-electron chi connectivity index (χ4n) is 1.09. The van der Waals surface area contributed by atoms with Crippen molar-refractivity contribution in [1.82, 2.24) is 0 Å². The SMILES string of the molecule is COc1cccc(Br)c1C(F)(F)C(=O)O. The first-order chi connectivity index (χ1) is 6.91. The third-order valence-electron chi connectivity index (χ3n) is 1.78. The van der Waals surface area contributed by atoms with E-state index in [0.717, 1.165) is 0 Å². The van der Waals surface area contributed by atoms with Gasteiger partial charge in [-0.1, -0.05) is 22.0 Å². The van der Waals surface area contributed by atoms with Gasteiger partial charge >= 0.3 is 11.9 Å². The molecule has 1 rings (SSSR count). The molecule has 0 radical (unpaired) electrons. The van der Waals surface area contributed by atoms with E-state index in [1.165, 1.54) is 25.3 Å². The van der Waals surface area contributed by atoms with Crippen LogP contribution in [0.2, 0.25) is 0 Å². The molecule has 0 spiro atoms. The molecule has 0 aromatic heterocycles. The molecule has 1 aromatic rings. The van der Waals surface area contributed by atoms with E-state index >= 15 is 0 Å². The summed E-state index contributed by atoms with van der Waals surface area (Å²) in [5.41, 5.74) is -0.681. The first kappa shape index (κ1) is 11.9. The molecular weight excluding hydrogens is 274 g/mol. The summed E-state index contributed by atoms with van der Waals surface area (Å²) in [6.45, 7) is 0. The standard InChI is InChI=1S/C9H7BrF2O3/c1-15-6-4-2-3-5(10)7(6)9(11,12)8(13)14/h2-4H,1H3,(H,13,14). The summed E-state index contributed by atoms with van der Waals surface area (Å²) >= 11 is 2.87. The van der Waals surface area contributed by atoms with Gasteiger partial charge in [-0.25, -0.2) is 4.79 Å². The van der Waals surface area contributed by atoms with Crippen LogP contribution in [0.1, 0.15) is 5.56 Å². The van der Waals surface area contributed by atoms with Crippen LogP contribution in [0.4, 0.5) is 8.78 Å². The van der Waals surface area contributed by atoms with Crippen molar-refractivity contribution < 1.29 is 23.4 Å². The summed E-state index contributed by atoms with van der Waals surface area (Å²) in [4.78, 5) is 10.4. The zero-order chi connectivity index (χ0) is 11.6. The number of ether oxygens (including phenoxy) is 1. The summed E-state index contributed by atoms with van der Waals surface area (Å²) in [5, 5.41) is 8.41. The Morgan fingerprint density at radius 1 is 1.53 bits per heavy atom. The molecule has 3 nitrogen and oxygen atoms in total. The quantitative estimate of drug-likeness (QED) is 0.926. The number of hydrogen-bond acceptors (Lipinski definition) is 2. The van der Waals surface area contributed by atoms with E-state index in [9.17, 15) is 13.6 Å². The first-order valence-corrected chi connectivity index (χ1v) is 4.64. The highest BCUT2D eigenvalue weighted by atomic mass is 79.9. The molecular formula is C9H7BrF2O3. The molecule has 1 aromatic carbocycles. The zero-order valence-corrected chi connectivity index (χ0v) is 9.22. The van der Waals surface area contributed by atoms with Gasteiger partial charge in [-0.3, -0.25) is 0 Å². The summed E-state index contributed by atoms with van der Waals surface area (Å²) in [5.74, 6) is -6.37. The second kappa shape index (κ2) is 4.14. The first-order valence-electron chi connectivity index (χ1n) is 3.85. The molecule has 82 valence electrons. The maximum absolute atomic E-state index is 13.3. The number of carboxylic acids is 1. The van der Waals surface area contributed by atoms with Gasteiger partial charge in [0.15, 0.2) is 0 Å². The van der Waals surface area contributed by atoms with Gasteiger partial charge < -0.3 is 9.84 Å². The number of aliphatic carboxylic acids is 1. The predicted octanol–water partition coefficient (Wildman–Crippen LogP) is 2.63. The Balaban J connectivity index is 3.41. The molecule has 0 heterocycles. The minimum Gasteiger partial charge on any atom is -0.496 e. The highest BCUT2D eigenvalue weighted by Crippen LogP contribution is 2.40. The van der Waals surface area contributed by atoms with Gasteiger partial charge in [0.25, 0.3) is 0 Å². The van der Waals surface area contributed by atoms with Crippen molar-refractivity contribution in [3.8, 4) is 5.75 Å². The van der Waals surface area contributed by atoms with Gasteiger partial charge in [-0.2, -0.15) is 8.78 Å². The van der Waals surface area contributed by atoms with Crippen LogP contribution in [0.25, 0.3) is 0 Å². The normalized spacial score (nSPS) is 11.2. The number of halogens is 3. The highest BCUT2D eigenvalue weighted by molar-refractivity contribution is 9.10. The van der Waals surface area contributed by atoms with Gasteiger partial charge in [0.2, 0.25) is 0 Å². The van der Waals surface area contributed by atoms with E-state index in [1.807, 2.05) is 0 Å². The molecule has 0 saturated carbocycles. The Hall–Kier alpha value is -1.17. The molecule has 0 fully saturated rings. The van der Waals surface area contributed by atoms with Crippen molar-refractivity contribution in [2.24, 2.45) is 0 Å². The molecule has 0 saturated heterocycles. The average molecular weight is 281 g/mol. The molecule has 0 amide bonds. The van der Waals surface area contributed by atoms with Gasteiger partial charge in [0.1, 0.15) is 5.75 Å². The molecule has 0 atom stereocenters. The average Bonchev–Trinajstić information content (AvgIpc) is 2.16. The van der Waals surface area contributed by atoms with Crippen LogP contribution in [0, 0.1) is 0 Å². The van der Waals surface area contributed by atoms with Crippen LogP contribution in [0.5, 0.6) is 5.75 Å². The summed E-state index contributed by atoms with van der Waals surface area (Å²) in [7, 11) is 1.20. The maximum atomic E-state index is 13.3. The molecule has 0 aliphatic carbocycles. The van der Waals surface area contributed by atoms with Crippen molar-refractivity contribution in [2.45, 2.75) is 5.92 Å². The Kier molecular flexibility index (Phi) is 3.28. The van der Waals surface area contributed by atoms with E-state index < -0.39 is 17.5 Å². The number of rotatable bonds is 3. The Bertz CT molecular complexity index is 393. The summed E-state index contributed by atoms with van der Waals surface area (Å²) in [6.07, 6.45) is 0. The number of hydrogen-bond donors (Lipinski definition) is 1. The van der Waals surface area contributed by atoms with Crippen LogP contribution in [0.15, 0.2) is 22.7 Å². The number of methoxy groups -OCH3 is 1. The van der Waals surface area contributed by atoms with Gasteiger partial charge in [0.05, 0.1) is 12.7 Å². The molecule has 0 aliphatic rings. The highest BCUT2D eigenvalue weighted by Gasteiger charge is 2.45. The second-order valence-corrected chi connectivity index (χ2v) is 3.55. The van der Waals surface area contributed by atoms with E-state index in [4.69, 9.17) is 5.11 Å². The lowest BCUT2D eigenvalue weighted by Gasteiger charge is -2.16. The summed E-state index contributed by atoms with van der Waals surface area (Å²) < 4.78 is 31.2. The van der Waals surface area contributed by atoms with E-state index in [0.29, 0.717) is 0 Å². The predicted molar refractivity (Wildman–Crippen MR) is 52.2 cm³/mol.